The fourth-order valence-corrected chi connectivity index (χ4v) is 4.11. The molecule has 2 fully saturated rings. The van der Waals surface area contributed by atoms with Crippen LogP contribution in [0.4, 0.5) is 0 Å². The van der Waals surface area contributed by atoms with Gasteiger partial charge in [-0.15, -0.1) is 12.4 Å². The van der Waals surface area contributed by atoms with E-state index in [0.717, 1.165) is 37.9 Å². The summed E-state index contributed by atoms with van der Waals surface area (Å²) in [7, 11) is 0. The van der Waals surface area contributed by atoms with Gasteiger partial charge in [0.2, 0.25) is 5.91 Å². The van der Waals surface area contributed by atoms with E-state index in [4.69, 9.17) is 23.2 Å². The standard InChI is InChI=1S/C17H22Cl2N2O.ClH/c18-13-2-1-3-14(19)16(13)17(8-9-17)21-15(22)5-4-12-6-10-20-11-7-12;/h1-3,12,20H,4-11H2,(H,21,22);1H. The van der Waals surface area contributed by atoms with E-state index in [9.17, 15) is 4.79 Å². The highest BCUT2D eigenvalue weighted by Crippen LogP contribution is 2.50. The van der Waals surface area contributed by atoms with Crippen molar-refractivity contribution in [3.05, 3.63) is 33.8 Å². The van der Waals surface area contributed by atoms with Crippen molar-refractivity contribution in [2.24, 2.45) is 5.92 Å². The molecule has 0 atom stereocenters. The van der Waals surface area contributed by atoms with Crippen molar-refractivity contribution in [3.63, 3.8) is 0 Å². The van der Waals surface area contributed by atoms with Crippen LogP contribution in [-0.4, -0.2) is 19.0 Å². The van der Waals surface area contributed by atoms with Crippen LogP contribution in [0.15, 0.2) is 18.2 Å². The second kappa shape index (κ2) is 8.06. The molecule has 2 N–H and O–H groups in total. The number of carbonyl (C=O) groups excluding carboxylic acids is 1. The zero-order chi connectivity index (χ0) is 15.6. The Morgan fingerprint density at radius 2 is 1.83 bits per heavy atom. The Kier molecular flexibility index (Phi) is 6.61. The van der Waals surface area contributed by atoms with E-state index < -0.39 is 0 Å². The summed E-state index contributed by atoms with van der Waals surface area (Å²) >= 11 is 12.6. The molecule has 1 saturated carbocycles. The average molecular weight is 378 g/mol. The van der Waals surface area contributed by atoms with Gasteiger partial charge in [-0.2, -0.15) is 0 Å². The SMILES string of the molecule is Cl.O=C(CCC1CCNCC1)NC1(c2c(Cl)cccc2Cl)CC1. The lowest BCUT2D eigenvalue weighted by Crippen LogP contribution is -2.36. The van der Waals surface area contributed by atoms with Gasteiger partial charge >= 0.3 is 0 Å². The zero-order valence-corrected chi connectivity index (χ0v) is 15.4. The van der Waals surface area contributed by atoms with Crippen molar-refractivity contribution in [2.45, 2.75) is 44.1 Å². The first kappa shape index (κ1) is 18.9. The van der Waals surface area contributed by atoms with Gasteiger partial charge in [-0.3, -0.25) is 4.79 Å². The summed E-state index contributed by atoms with van der Waals surface area (Å²) < 4.78 is 0. The van der Waals surface area contributed by atoms with Crippen LogP contribution in [0.2, 0.25) is 10.0 Å². The van der Waals surface area contributed by atoms with Gasteiger partial charge in [0.1, 0.15) is 0 Å². The first-order chi connectivity index (χ1) is 10.6. The zero-order valence-electron chi connectivity index (χ0n) is 13.0. The van der Waals surface area contributed by atoms with Gasteiger partial charge in [-0.05, 0) is 63.2 Å². The Bertz CT molecular complexity index is 535. The van der Waals surface area contributed by atoms with E-state index in [0.29, 0.717) is 22.4 Å². The second-order valence-electron chi connectivity index (χ2n) is 6.46. The fourth-order valence-electron chi connectivity index (χ4n) is 3.35. The molecule has 1 aliphatic carbocycles. The van der Waals surface area contributed by atoms with Crippen LogP contribution in [0.3, 0.4) is 0 Å². The largest absolute Gasteiger partial charge is 0.346 e. The average Bonchev–Trinajstić information content (AvgIpc) is 3.26. The fraction of sp³-hybridized carbons (Fsp3) is 0.588. The number of hydrogen-bond donors (Lipinski definition) is 2. The Hall–Kier alpha value is -0.480. The van der Waals surface area contributed by atoms with Gasteiger partial charge in [-0.1, -0.05) is 29.3 Å². The minimum atomic E-state index is -0.333. The van der Waals surface area contributed by atoms with Gasteiger partial charge < -0.3 is 10.6 Å². The summed E-state index contributed by atoms with van der Waals surface area (Å²) in [5.74, 6) is 0.790. The van der Waals surface area contributed by atoms with Crippen LogP contribution in [0.5, 0.6) is 0 Å². The maximum atomic E-state index is 12.3. The molecular formula is C17H23Cl3N2O. The molecule has 1 aliphatic heterocycles. The molecule has 1 aromatic carbocycles. The maximum absolute atomic E-state index is 12.3. The Balaban J connectivity index is 0.00000192. The Morgan fingerprint density at radius 3 is 2.39 bits per heavy atom. The molecule has 1 aromatic rings. The lowest BCUT2D eigenvalue weighted by Gasteiger charge is -2.24. The van der Waals surface area contributed by atoms with E-state index >= 15 is 0 Å². The van der Waals surface area contributed by atoms with Crippen molar-refractivity contribution in [1.82, 2.24) is 10.6 Å². The van der Waals surface area contributed by atoms with Crippen molar-refractivity contribution >= 4 is 41.5 Å². The van der Waals surface area contributed by atoms with E-state index in [2.05, 4.69) is 10.6 Å². The van der Waals surface area contributed by atoms with Crippen LogP contribution in [-0.2, 0) is 10.3 Å². The quantitative estimate of drug-likeness (QED) is 0.803. The van der Waals surface area contributed by atoms with Crippen LogP contribution >= 0.6 is 35.6 Å². The van der Waals surface area contributed by atoms with E-state index in [1.165, 1.54) is 12.8 Å². The van der Waals surface area contributed by atoms with Gasteiger partial charge in [0.05, 0.1) is 5.54 Å². The normalized spacial score (nSPS) is 19.7. The molecule has 1 amide bonds. The monoisotopic (exact) mass is 376 g/mol. The van der Waals surface area contributed by atoms with E-state index in [1.54, 1.807) is 0 Å². The number of carbonyl (C=O) groups is 1. The predicted octanol–water partition coefficient (Wildman–Crippen LogP) is 4.30. The number of halogens is 3. The van der Waals surface area contributed by atoms with E-state index in [1.807, 2.05) is 18.2 Å². The molecule has 128 valence electrons. The molecule has 0 unspecified atom stereocenters. The summed E-state index contributed by atoms with van der Waals surface area (Å²) in [4.78, 5) is 12.3. The predicted molar refractivity (Wildman–Crippen MR) is 97.6 cm³/mol. The van der Waals surface area contributed by atoms with Crippen molar-refractivity contribution < 1.29 is 4.79 Å². The Labute approximate surface area is 153 Å². The van der Waals surface area contributed by atoms with Gasteiger partial charge in [0, 0.05) is 22.0 Å². The molecule has 1 heterocycles. The number of benzene rings is 1. The molecule has 3 rings (SSSR count). The number of amides is 1. The third-order valence-corrected chi connectivity index (χ3v) is 5.44. The Morgan fingerprint density at radius 1 is 1.22 bits per heavy atom. The summed E-state index contributed by atoms with van der Waals surface area (Å²) in [6.07, 6.45) is 5.74. The molecule has 0 aromatic heterocycles. The lowest BCUT2D eigenvalue weighted by molar-refractivity contribution is -0.122. The van der Waals surface area contributed by atoms with Crippen LogP contribution in [0.25, 0.3) is 0 Å². The third-order valence-electron chi connectivity index (χ3n) is 4.81. The molecule has 0 radical (unpaired) electrons. The summed E-state index contributed by atoms with van der Waals surface area (Å²) in [6, 6.07) is 5.51. The van der Waals surface area contributed by atoms with Crippen LogP contribution < -0.4 is 10.6 Å². The smallest absolute Gasteiger partial charge is 0.220 e. The van der Waals surface area contributed by atoms with Gasteiger partial charge in [-0.25, -0.2) is 0 Å². The molecular weight excluding hydrogens is 355 g/mol. The third kappa shape index (κ3) is 4.54. The number of piperidine rings is 1. The molecule has 2 aliphatic rings. The molecule has 0 bridgehead atoms. The first-order valence-electron chi connectivity index (χ1n) is 8.07. The van der Waals surface area contributed by atoms with Crippen LogP contribution in [0.1, 0.15) is 44.1 Å². The highest BCUT2D eigenvalue weighted by Gasteiger charge is 2.48. The number of nitrogens with one attached hydrogen (secondary N) is 2. The lowest BCUT2D eigenvalue weighted by atomic mass is 9.93. The number of rotatable bonds is 5. The van der Waals surface area contributed by atoms with Crippen molar-refractivity contribution in [2.75, 3.05) is 13.1 Å². The minimum absolute atomic E-state index is 0. The first-order valence-corrected chi connectivity index (χ1v) is 8.82. The van der Waals surface area contributed by atoms with Crippen molar-refractivity contribution in [3.8, 4) is 0 Å². The minimum Gasteiger partial charge on any atom is -0.346 e. The maximum Gasteiger partial charge on any atom is 0.220 e. The van der Waals surface area contributed by atoms with Gasteiger partial charge in [0.25, 0.3) is 0 Å². The molecule has 23 heavy (non-hydrogen) atoms. The van der Waals surface area contributed by atoms with Crippen LogP contribution in [0, 0.1) is 5.92 Å². The van der Waals surface area contributed by atoms with Crippen molar-refractivity contribution in [1.29, 1.82) is 0 Å². The van der Waals surface area contributed by atoms with Gasteiger partial charge in [0.15, 0.2) is 0 Å². The molecule has 3 nitrogen and oxygen atoms in total. The second-order valence-corrected chi connectivity index (χ2v) is 7.27. The molecule has 0 spiro atoms. The highest BCUT2D eigenvalue weighted by atomic mass is 35.5. The molecule has 1 saturated heterocycles. The highest BCUT2D eigenvalue weighted by molar-refractivity contribution is 6.36. The molecule has 6 heteroatoms. The summed E-state index contributed by atoms with van der Waals surface area (Å²) in [6.45, 7) is 2.15. The topological polar surface area (TPSA) is 41.1 Å². The van der Waals surface area contributed by atoms with E-state index in [-0.39, 0.29) is 23.9 Å². The summed E-state index contributed by atoms with van der Waals surface area (Å²) in [5, 5.41) is 7.82. The number of hydrogen-bond acceptors (Lipinski definition) is 2. The summed E-state index contributed by atoms with van der Waals surface area (Å²) in [5.41, 5.74) is 0.550.